The first-order chi connectivity index (χ1) is 3.52. The third kappa shape index (κ3) is 1.22. The van der Waals surface area contributed by atoms with Crippen LogP contribution in [0.5, 0.6) is 0 Å². The fourth-order valence-electron chi connectivity index (χ4n) is 1.27. The Morgan fingerprint density at radius 1 is 1.22 bits per heavy atom. The van der Waals surface area contributed by atoms with Gasteiger partial charge in [0.1, 0.15) is 0 Å². The van der Waals surface area contributed by atoms with Crippen LogP contribution in [0.15, 0.2) is 0 Å². The van der Waals surface area contributed by atoms with Crippen LogP contribution < -0.4 is 5.32 Å². The first-order valence-corrected chi connectivity index (χ1v) is 3.21. The molecule has 2 heteroatoms. The van der Waals surface area contributed by atoms with Crippen molar-refractivity contribution >= 4 is 12.4 Å². The minimum absolute atomic E-state index is 0. The van der Waals surface area contributed by atoms with E-state index in [9.17, 15) is 0 Å². The lowest BCUT2D eigenvalue weighted by Gasteiger charge is -2.11. The van der Waals surface area contributed by atoms with Gasteiger partial charge >= 0.3 is 0 Å². The Hall–Kier alpha value is 0.250. The average Bonchev–Trinajstić information content (AvgIpc) is 2.10. The Balaban J connectivity index is 0.000000640. The summed E-state index contributed by atoms with van der Waals surface area (Å²) >= 11 is 0. The average molecular weight is 150 g/mol. The Kier molecular flexibility index (Phi) is 2.19. The molecule has 0 bridgehead atoms. The lowest BCUT2D eigenvalue weighted by Crippen LogP contribution is -2.28. The molecule has 1 saturated carbocycles. The highest BCUT2D eigenvalue weighted by Gasteiger charge is 2.56. The van der Waals surface area contributed by atoms with E-state index in [-0.39, 0.29) is 12.4 Å². The van der Waals surface area contributed by atoms with Gasteiger partial charge in [-0.05, 0) is 25.8 Å². The van der Waals surface area contributed by atoms with E-state index in [1.165, 1.54) is 6.42 Å². The van der Waals surface area contributed by atoms with Crippen molar-refractivity contribution in [2.45, 2.75) is 32.7 Å². The molecule has 1 N–H and O–H groups in total. The van der Waals surface area contributed by atoms with E-state index in [1.54, 1.807) is 0 Å². The molecule has 1 unspecified atom stereocenters. The molecular formula is C7H16ClN. The summed E-state index contributed by atoms with van der Waals surface area (Å²) in [6.07, 6.45) is 1.32. The zero-order chi connectivity index (χ0) is 6.41. The highest BCUT2D eigenvalue weighted by Crippen LogP contribution is 2.54. The maximum atomic E-state index is 3.31. The minimum atomic E-state index is 0. The van der Waals surface area contributed by atoms with E-state index in [1.807, 2.05) is 7.05 Å². The van der Waals surface area contributed by atoms with Crippen molar-refractivity contribution in [3.63, 3.8) is 0 Å². The quantitative estimate of drug-likeness (QED) is 0.600. The van der Waals surface area contributed by atoms with Crippen molar-refractivity contribution in [2.24, 2.45) is 5.41 Å². The predicted octanol–water partition coefficient (Wildman–Crippen LogP) is 1.82. The Labute approximate surface area is 63.6 Å². The first kappa shape index (κ1) is 9.25. The molecular weight excluding hydrogens is 134 g/mol. The molecule has 1 aliphatic carbocycles. The predicted molar refractivity (Wildman–Crippen MR) is 43.1 cm³/mol. The second-order valence-corrected chi connectivity index (χ2v) is 3.64. The van der Waals surface area contributed by atoms with Crippen LogP contribution in [-0.2, 0) is 0 Å². The summed E-state index contributed by atoms with van der Waals surface area (Å²) in [7, 11) is 2.04. The van der Waals surface area contributed by atoms with Gasteiger partial charge in [-0.25, -0.2) is 0 Å². The largest absolute Gasteiger partial charge is 0.314 e. The van der Waals surface area contributed by atoms with Crippen LogP contribution in [0.25, 0.3) is 0 Å². The summed E-state index contributed by atoms with van der Waals surface area (Å²) in [6.45, 7) is 6.86. The monoisotopic (exact) mass is 149 g/mol. The summed E-state index contributed by atoms with van der Waals surface area (Å²) < 4.78 is 0. The highest BCUT2D eigenvalue weighted by molar-refractivity contribution is 5.85. The molecule has 1 nitrogen and oxygen atoms in total. The second-order valence-electron chi connectivity index (χ2n) is 3.64. The number of rotatable bonds is 1. The number of halogens is 1. The van der Waals surface area contributed by atoms with Crippen molar-refractivity contribution in [2.75, 3.05) is 7.05 Å². The zero-order valence-electron chi connectivity index (χ0n) is 6.62. The lowest BCUT2D eigenvalue weighted by atomic mass is 10.1. The van der Waals surface area contributed by atoms with E-state index < -0.39 is 0 Å². The van der Waals surface area contributed by atoms with Crippen LogP contribution in [0.3, 0.4) is 0 Å². The summed E-state index contributed by atoms with van der Waals surface area (Å²) in [5, 5.41) is 3.31. The fraction of sp³-hybridized carbons (Fsp3) is 1.00. The van der Waals surface area contributed by atoms with Crippen molar-refractivity contribution < 1.29 is 0 Å². The molecule has 0 amide bonds. The van der Waals surface area contributed by atoms with E-state index in [4.69, 9.17) is 0 Å². The Morgan fingerprint density at radius 2 is 1.56 bits per heavy atom. The Bertz CT molecular complexity index is 111. The topological polar surface area (TPSA) is 12.0 Å². The van der Waals surface area contributed by atoms with Crippen molar-refractivity contribution in [3.8, 4) is 0 Å². The van der Waals surface area contributed by atoms with Gasteiger partial charge in [-0.3, -0.25) is 0 Å². The number of hydrogen-bond donors (Lipinski definition) is 1. The summed E-state index contributed by atoms with van der Waals surface area (Å²) in [4.78, 5) is 0. The van der Waals surface area contributed by atoms with E-state index >= 15 is 0 Å². The van der Waals surface area contributed by atoms with Crippen LogP contribution in [-0.4, -0.2) is 12.6 Å². The van der Waals surface area contributed by atoms with Gasteiger partial charge in [0.25, 0.3) is 0 Å². The summed E-state index contributed by atoms with van der Waals surface area (Å²) in [6, 6.07) is 0. The van der Waals surface area contributed by atoms with Crippen LogP contribution >= 0.6 is 12.4 Å². The molecule has 9 heavy (non-hydrogen) atoms. The molecule has 56 valence electrons. The van der Waals surface area contributed by atoms with Gasteiger partial charge in [-0.1, -0.05) is 13.8 Å². The van der Waals surface area contributed by atoms with Crippen molar-refractivity contribution in [1.29, 1.82) is 0 Å². The highest BCUT2D eigenvalue weighted by atomic mass is 35.5. The summed E-state index contributed by atoms with van der Waals surface area (Å²) in [5.74, 6) is 0. The van der Waals surface area contributed by atoms with Crippen LogP contribution in [0, 0.1) is 5.41 Å². The fourth-order valence-corrected chi connectivity index (χ4v) is 1.27. The van der Waals surface area contributed by atoms with E-state index in [0.717, 1.165) is 0 Å². The second kappa shape index (κ2) is 2.14. The summed E-state index contributed by atoms with van der Waals surface area (Å²) in [5.41, 5.74) is 0.981. The first-order valence-electron chi connectivity index (χ1n) is 3.21. The van der Waals surface area contributed by atoms with Crippen molar-refractivity contribution in [1.82, 2.24) is 5.32 Å². The Morgan fingerprint density at radius 3 is 1.56 bits per heavy atom. The molecule has 1 atom stereocenters. The molecule has 0 spiro atoms. The standard InChI is InChI=1S/C7H15N.ClH/c1-6(2)5-7(6,3)8-4;/h8H,5H2,1-4H3;1H. The molecule has 0 saturated heterocycles. The molecule has 1 aliphatic rings. The molecule has 0 aromatic rings. The number of nitrogens with one attached hydrogen (secondary N) is 1. The van der Waals surface area contributed by atoms with Crippen LogP contribution in [0.1, 0.15) is 27.2 Å². The third-order valence-electron chi connectivity index (χ3n) is 2.72. The van der Waals surface area contributed by atoms with Gasteiger partial charge in [0.15, 0.2) is 0 Å². The smallest absolute Gasteiger partial charge is 0.0207 e. The lowest BCUT2D eigenvalue weighted by molar-refractivity contribution is 0.459. The van der Waals surface area contributed by atoms with E-state index in [2.05, 4.69) is 26.1 Å². The molecule has 0 aliphatic heterocycles. The SMILES string of the molecule is CNC1(C)CC1(C)C.Cl. The van der Waals surface area contributed by atoms with Gasteiger partial charge in [-0.2, -0.15) is 0 Å². The van der Waals surface area contributed by atoms with Gasteiger partial charge in [0, 0.05) is 5.54 Å². The maximum Gasteiger partial charge on any atom is 0.0207 e. The zero-order valence-corrected chi connectivity index (χ0v) is 7.43. The van der Waals surface area contributed by atoms with E-state index in [0.29, 0.717) is 11.0 Å². The van der Waals surface area contributed by atoms with Gasteiger partial charge in [0.05, 0.1) is 0 Å². The normalized spacial score (nSPS) is 37.3. The van der Waals surface area contributed by atoms with Gasteiger partial charge in [-0.15, -0.1) is 12.4 Å². The molecule has 0 aromatic heterocycles. The van der Waals surface area contributed by atoms with Gasteiger partial charge < -0.3 is 5.32 Å². The van der Waals surface area contributed by atoms with Gasteiger partial charge in [0.2, 0.25) is 0 Å². The third-order valence-corrected chi connectivity index (χ3v) is 2.72. The van der Waals surface area contributed by atoms with Crippen molar-refractivity contribution in [3.05, 3.63) is 0 Å². The minimum Gasteiger partial charge on any atom is -0.314 e. The molecule has 0 heterocycles. The van der Waals surface area contributed by atoms with Crippen LogP contribution in [0.4, 0.5) is 0 Å². The van der Waals surface area contributed by atoms with Crippen LogP contribution in [0.2, 0.25) is 0 Å². The molecule has 0 radical (unpaired) electrons. The molecule has 0 aromatic carbocycles. The number of hydrogen-bond acceptors (Lipinski definition) is 1. The molecule has 1 rings (SSSR count). The molecule has 1 fully saturated rings. The maximum absolute atomic E-state index is 3.31.